The number of hydrogen-bond acceptors (Lipinski definition) is 5. The van der Waals surface area contributed by atoms with E-state index in [9.17, 15) is 0 Å². The fourth-order valence-electron chi connectivity index (χ4n) is 1.87. The van der Waals surface area contributed by atoms with Gasteiger partial charge in [0.2, 0.25) is 11.7 Å². The van der Waals surface area contributed by atoms with Crippen molar-refractivity contribution in [3.8, 4) is 5.75 Å². The number of ether oxygens (including phenoxy) is 1. The first-order valence-electron chi connectivity index (χ1n) is 6.66. The molecule has 6 heteroatoms. The lowest BCUT2D eigenvalue weighted by Gasteiger charge is -2.10. The van der Waals surface area contributed by atoms with Crippen molar-refractivity contribution in [2.75, 3.05) is 6.54 Å². The van der Waals surface area contributed by atoms with E-state index in [1.807, 2.05) is 18.2 Å². The Balaban J connectivity index is 2.04. The van der Waals surface area contributed by atoms with Crippen molar-refractivity contribution in [2.45, 2.75) is 32.8 Å². The highest BCUT2D eigenvalue weighted by molar-refractivity contribution is 6.31. The molecule has 0 atom stereocenters. The van der Waals surface area contributed by atoms with Gasteiger partial charge in [0, 0.05) is 17.0 Å². The molecule has 2 rings (SSSR count). The number of hydrogen-bond donors (Lipinski definition) is 1. The molecule has 20 heavy (non-hydrogen) atoms. The van der Waals surface area contributed by atoms with Crippen molar-refractivity contribution in [3.63, 3.8) is 0 Å². The summed E-state index contributed by atoms with van der Waals surface area (Å²) in [4.78, 5) is 4.25. The molecule has 108 valence electrons. The van der Waals surface area contributed by atoms with Crippen LogP contribution < -0.4 is 10.5 Å². The molecule has 0 amide bonds. The largest absolute Gasteiger partial charge is 0.485 e. The molecule has 2 N–H and O–H groups in total. The van der Waals surface area contributed by atoms with Crippen molar-refractivity contribution in [3.05, 3.63) is 40.5 Å². The van der Waals surface area contributed by atoms with Crippen molar-refractivity contribution in [2.24, 2.45) is 5.73 Å². The highest BCUT2D eigenvalue weighted by atomic mass is 35.5. The summed E-state index contributed by atoms with van der Waals surface area (Å²) in [5.74, 6) is 1.89. The van der Waals surface area contributed by atoms with Gasteiger partial charge in [-0.2, -0.15) is 4.98 Å². The van der Waals surface area contributed by atoms with Crippen LogP contribution in [0, 0.1) is 0 Å². The first-order chi connectivity index (χ1) is 9.74. The third kappa shape index (κ3) is 3.71. The number of benzene rings is 1. The molecule has 0 bridgehead atoms. The molecular weight excluding hydrogens is 278 g/mol. The molecule has 0 radical (unpaired) electrons. The maximum Gasteiger partial charge on any atom is 0.226 e. The van der Waals surface area contributed by atoms with Crippen LogP contribution in [0.15, 0.2) is 22.7 Å². The predicted octanol–water partition coefficient (Wildman–Crippen LogP) is 2.76. The highest BCUT2D eigenvalue weighted by Crippen LogP contribution is 2.27. The van der Waals surface area contributed by atoms with Crippen LogP contribution >= 0.6 is 11.6 Å². The van der Waals surface area contributed by atoms with Crippen molar-refractivity contribution in [1.82, 2.24) is 10.1 Å². The SMILES string of the molecule is CCCc1nc(COc2cccc(Cl)c2CCN)no1. The maximum atomic E-state index is 6.15. The van der Waals surface area contributed by atoms with Gasteiger partial charge in [0.1, 0.15) is 5.75 Å². The Labute approximate surface area is 123 Å². The minimum atomic E-state index is 0.255. The molecule has 0 saturated carbocycles. The second kappa shape index (κ2) is 7.26. The van der Waals surface area contributed by atoms with E-state index in [2.05, 4.69) is 17.1 Å². The van der Waals surface area contributed by atoms with Crippen molar-refractivity contribution < 1.29 is 9.26 Å². The number of nitrogens with two attached hydrogens (primary N) is 1. The normalized spacial score (nSPS) is 10.8. The van der Waals surface area contributed by atoms with Crippen LogP contribution in [0.2, 0.25) is 5.02 Å². The predicted molar refractivity (Wildman–Crippen MR) is 76.8 cm³/mol. The van der Waals surface area contributed by atoms with E-state index in [0.29, 0.717) is 35.5 Å². The van der Waals surface area contributed by atoms with Gasteiger partial charge in [0.25, 0.3) is 0 Å². The Morgan fingerprint density at radius 2 is 2.20 bits per heavy atom. The average molecular weight is 296 g/mol. The number of rotatable bonds is 7. The first-order valence-corrected chi connectivity index (χ1v) is 7.04. The molecule has 0 aliphatic rings. The second-order valence-corrected chi connectivity index (χ2v) is 4.81. The maximum absolute atomic E-state index is 6.15. The fourth-order valence-corrected chi connectivity index (χ4v) is 2.13. The number of aryl methyl sites for hydroxylation is 1. The monoisotopic (exact) mass is 295 g/mol. The number of halogens is 1. The van der Waals surface area contributed by atoms with Crippen LogP contribution in [0.25, 0.3) is 0 Å². The molecule has 1 aromatic carbocycles. The molecule has 0 fully saturated rings. The molecule has 0 spiro atoms. The average Bonchev–Trinajstić information content (AvgIpc) is 2.88. The molecule has 0 saturated heterocycles. The van der Waals surface area contributed by atoms with E-state index in [-0.39, 0.29) is 6.61 Å². The quantitative estimate of drug-likeness (QED) is 0.850. The van der Waals surface area contributed by atoms with E-state index in [1.165, 1.54) is 0 Å². The van der Waals surface area contributed by atoms with Crippen molar-refractivity contribution >= 4 is 11.6 Å². The van der Waals surface area contributed by atoms with Gasteiger partial charge in [-0.05, 0) is 31.5 Å². The zero-order valence-corrected chi connectivity index (χ0v) is 12.2. The van der Waals surface area contributed by atoms with Crippen LogP contribution in [0.4, 0.5) is 0 Å². The van der Waals surface area contributed by atoms with E-state index < -0.39 is 0 Å². The lowest BCUT2D eigenvalue weighted by Crippen LogP contribution is -2.06. The van der Waals surface area contributed by atoms with Gasteiger partial charge in [0.05, 0.1) is 0 Å². The Bertz CT molecular complexity index is 557. The Kier molecular flexibility index (Phi) is 5.38. The molecule has 5 nitrogen and oxygen atoms in total. The highest BCUT2D eigenvalue weighted by Gasteiger charge is 2.10. The lowest BCUT2D eigenvalue weighted by atomic mass is 10.1. The first kappa shape index (κ1) is 14.8. The summed E-state index contributed by atoms with van der Waals surface area (Å²) in [6.45, 7) is 2.83. The smallest absolute Gasteiger partial charge is 0.226 e. The number of nitrogens with zero attached hydrogens (tertiary/aromatic N) is 2. The Morgan fingerprint density at radius 3 is 2.95 bits per heavy atom. The summed E-state index contributed by atoms with van der Waals surface area (Å²) in [6, 6.07) is 5.54. The molecule has 1 aromatic heterocycles. The van der Waals surface area contributed by atoms with E-state index in [1.54, 1.807) is 0 Å². The van der Waals surface area contributed by atoms with Gasteiger partial charge < -0.3 is 15.0 Å². The summed E-state index contributed by atoms with van der Waals surface area (Å²) in [6.07, 6.45) is 2.42. The summed E-state index contributed by atoms with van der Waals surface area (Å²) < 4.78 is 10.8. The summed E-state index contributed by atoms with van der Waals surface area (Å²) in [5, 5.41) is 4.54. The van der Waals surface area contributed by atoms with E-state index >= 15 is 0 Å². The molecule has 1 heterocycles. The molecular formula is C14H18ClN3O2. The Morgan fingerprint density at radius 1 is 1.35 bits per heavy atom. The summed E-state index contributed by atoms with van der Waals surface area (Å²) >= 11 is 6.15. The Hall–Kier alpha value is -1.59. The minimum absolute atomic E-state index is 0.255. The van der Waals surface area contributed by atoms with Gasteiger partial charge in [-0.3, -0.25) is 0 Å². The molecule has 0 aliphatic heterocycles. The fraction of sp³-hybridized carbons (Fsp3) is 0.429. The van der Waals surface area contributed by atoms with Crippen molar-refractivity contribution in [1.29, 1.82) is 0 Å². The van der Waals surface area contributed by atoms with Crippen LogP contribution in [0.1, 0.15) is 30.6 Å². The van der Waals surface area contributed by atoms with Gasteiger partial charge in [-0.1, -0.05) is 29.7 Å². The molecule has 2 aromatic rings. The zero-order valence-electron chi connectivity index (χ0n) is 11.4. The third-order valence-electron chi connectivity index (χ3n) is 2.80. The van der Waals surface area contributed by atoms with Crippen LogP contribution in [-0.2, 0) is 19.4 Å². The number of aromatic nitrogens is 2. The van der Waals surface area contributed by atoms with E-state index in [4.69, 9.17) is 26.6 Å². The summed E-state index contributed by atoms with van der Waals surface area (Å²) in [7, 11) is 0. The van der Waals surface area contributed by atoms with Gasteiger partial charge >= 0.3 is 0 Å². The van der Waals surface area contributed by atoms with Gasteiger partial charge in [-0.15, -0.1) is 0 Å². The summed E-state index contributed by atoms with van der Waals surface area (Å²) in [5.41, 5.74) is 6.50. The van der Waals surface area contributed by atoms with Crippen LogP contribution in [0.3, 0.4) is 0 Å². The van der Waals surface area contributed by atoms with E-state index in [0.717, 1.165) is 18.4 Å². The van der Waals surface area contributed by atoms with Crippen LogP contribution in [-0.4, -0.2) is 16.7 Å². The minimum Gasteiger partial charge on any atom is -0.485 e. The second-order valence-electron chi connectivity index (χ2n) is 4.40. The van der Waals surface area contributed by atoms with Crippen LogP contribution in [0.5, 0.6) is 5.75 Å². The molecule has 0 aliphatic carbocycles. The molecule has 0 unspecified atom stereocenters. The topological polar surface area (TPSA) is 74.2 Å². The third-order valence-corrected chi connectivity index (χ3v) is 3.16. The standard InChI is InChI=1S/C14H18ClN3O2/c1-2-4-14-17-13(18-20-14)9-19-12-6-3-5-11(15)10(12)7-8-16/h3,5-6H,2,4,7-9,16H2,1H3. The lowest BCUT2D eigenvalue weighted by molar-refractivity contribution is 0.282. The van der Waals surface area contributed by atoms with Gasteiger partial charge in [0.15, 0.2) is 6.61 Å². The zero-order chi connectivity index (χ0) is 14.4. The van der Waals surface area contributed by atoms with Gasteiger partial charge in [-0.25, -0.2) is 0 Å².